The molecule has 1 radical (unpaired) electrons. The Balaban J connectivity index is 2.78. The molecule has 0 aliphatic rings. The molecule has 0 N–H and O–H groups in total. The Kier molecular flexibility index (Phi) is 2.66. The van der Waals surface area contributed by atoms with Gasteiger partial charge >= 0.3 is 0 Å². The number of aryl methyl sites for hydroxylation is 1. The monoisotopic (exact) mass is 148 g/mol. The molecule has 0 unspecified atom stereocenters. The Labute approximate surface area is 68.7 Å². The second kappa shape index (κ2) is 3.54. The topological polar surface area (TPSA) is 3.24 Å². The second-order valence-electron chi connectivity index (χ2n) is 3.06. The van der Waals surface area contributed by atoms with Crippen molar-refractivity contribution in [1.29, 1.82) is 0 Å². The van der Waals surface area contributed by atoms with Crippen molar-refractivity contribution >= 4 is 0 Å². The van der Waals surface area contributed by atoms with E-state index in [1.807, 2.05) is 12.1 Å². The fourth-order valence-electron chi connectivity index (χ4n) is 1.07. The maximum absolute atomic E-state index is 3.18. The van der Waals surface area contributed by atoms with E-state index < -0.39 is 0 Å². The van der Waals surface area contributed by atoms with Crippen LogP contribution in [-0.4, -0.2) is 19.0 Å². The normalized spacial score (nSPS) is 10.5. The molecule has 0 aromatic heterocycles. The third-order valence-electron chi connectivity index (χ3n) is 1.66. The predicted octanol–water partition coefficient (Wildman–Crippen LogP) is 1.86. The van der Waals surface area contributed by atoms with E-state index in [1.54, 1.807) is 0 Å². The second-order valence-corrected chi connectivity index (χ2v) is 3.06. The summed E-state index contributed by atoms with van der Waals surface area (Å²) in [5.74, 6) is 0. The number of hydrogen-bond acceptors (Lipinski definition) is 1. The van der Waals surface area contributed by atoms with Crippen LogP contribution in [0, 0.1) is 13.0 Å². The molecule has 0 saturated heterocycles. The minimum absolute atomic E-state index is 1.00. The summed E-state index contributed by atoms with van der Waals surface area (Å²) >= 11 is 0. The van der Waals surface area contributed by atoms with Crippen molar-refractivity contribution in [1.82, 2.24) is 4.90 Å². The van der Waals surface area contributed by atoms with Gasteiger partial charge < -0.3 is 4.90 Å². The first-order valence-corrected chi connectivity index (χ1v) is 3.81. The highest BCUT2D eigenvalue weighted by Gasteiger charge is 1.96. The summed E-state index contributed by atoms with van der Waals surface area (Å²) in [5.41, 5.74) is 2.61. The summed E-state index contributed by atoms with van der Waals surface area (Å²) in [6.45, 7) is 3.10. The van der Waals surface area contributed by atoms with Gasteiger partial charge in [0, 0.05) is 6.54 Å². The van der Waals surface area contributed by atoms with Gasteiger partial charge in [0.15, 0.2) is 0 Å². The zero-order valence-electron chi connectivity index (χ0n) is 7.39. The van der Waals surface area contributed by atoms with Crippen molar-refractivity contribution < 1.29 is 0 Å². The number of rotatable bonds is 2. The SMILES string of the molecule is Cc1[c]cccc1CN(C)C. The highest BCUT2D eigenvalue weighted by molar-refractivity contribution is 5.24. The quantitative estimate of drug-likeness (QED) is 0.618. The Bertz CT molecular complexity index is 228. The average Bonchev–Trinajstić information content (AvgIpc) is 1.93. The molecule has 59 valence electrons. The molecule has 0 amide bonds. The van der Waals surface area contributed by atoms with Gasteiger partial charge in [-0.15, -0.1) is 0 Å². The maximum Gasteiger partial charge on any atom is 0.0230 e. The molecular formula is C10H14N. The van der Waals surface area contributed by atoms with Crippen molar-refractivity contribution in [2.45, 2.75) is 13.5 Å². The van der Waals surface area contributed by atoms with Crippen molar-refractivity contribution in [3.8, 4) is 0 Å². The summed E-state index contributed by atoms with van der Waals surface area (Å²) < 4.78 is 0. The first-order chi connectivity index (χ1) is 5.20. The lowest BCUT2D eigenvalue weighted by Crippen LogP contribution is -2.11. The third-order valence-corrected chi connectivity index (χ3v) is 1.66. The lowest BCUT2D eigenvalue weighted by Gasteiger charge is -2.10. The van der Waals surface area contributed by atoms with Gasteiger partial charge in [-0.2, -0.15) is 0 Å². The van der Waals surface area contributed by atoms with Crippen LogP contribution in [0.5, 0.6) is 0 Å². The Morgan fingerprint density at radius 3 is 2.73 bits per heavy atom. The van der Waals surface area contributed by atoms with Crippen LogP contribution < -0.4 is 0 Å². The summed E-state index contributed by atoms with van der Waals surface area (Å²) in [6, 6.07) is 9.31. The van der Waals surface area contributed by atoms with Crippen LogP contribution in [0.25, 0.3) is 0 Å². The highest BCUT2D eigenvalue weighted by atomic mass is 15.0. The predicted molar refractivity (Wildman–Crippen MR) is 47.4 cm³/mol. The van der Waals surface area contributed by atoms with Gasteiger partial charge in [-0.05, 0) is 38.2 Å². The van der Waals surface area contributed by atoms with Gasteiger partial charge in [0.25, 0.3) is 0 Å². The zero-order chi connectivity index (χ0) is 8.27. The first kappa shape index (κ1) is 8.28. The van der Waals surface area contributed by atoms with Gasteiger partial charge in [0.1, 0.15) is 0 Å². The van der Waals surface area contributed by atoms with Crippen molar-refractivity contribution in [2.24, 2.45) is 0 Å². The van der Waals surface area contributed by atoms with E-state index in [9.17, 15) is 0 Å². The van der Waals surface area contributed by atoms with Gasteiger partial charge in [-0.3, -0.25) is 0 Å². The summed E-state index contributed by atoms with van der Waals surface area (Å²) in [6.07, 6.45) is 0. The summed E-state index contributed by atoms with van der Waals surface area (Å²) in [7, 11) is 4.15. The van der Waals surface area contributed by atoms with E-state index in [1.165, 1.54) is 11.1 Å². The lowest BCUT2D eigenvalue weighted by atomic mass is 10.1. The molecule has 1 aromatic carbocycles. The number of benzene rings is 1. The molecule has 0 atom stereocenters. The van der Waals surface area contributed by atoms with Crippen LogP contribution in [0.1, 0.15) is 11.1 Å². The largest absolute Gasteiger partial charge is 0.305 e. The molecule has 1 heteroatoms. The van der Waals surface area contributed by atoms with Gasteiger partial charge in [-0.1, -0.05) is 18.2 Å². The fourth-order valence-corrected chi connectivity index (χ4v) is 1.07. The van der Waals surface area contributed by atoms with E-state index in [0.717, 1.165) is 6.54 Å². The van der Waals surface area contributed by atoms with Crippen molar-refractivity contribution in [2.75, 3.05) is 14.1 Å². The summed E-state index contributed by atoms with van der Waals surface area (Å²) in [5, 5.41) is 0. The standard InChI is InChI=1S/C10H14N/c1-9-6-4-5-7-10(9)8-11(2)3/h4-5,7H,8H2,1-3H3. The number of nitrogens with zero attached hydrogens (tertiary/aromatic N) is 1. The van der Waals surface area contributed by atoms with Crippen LogP contribution in [-0.2, 0) is 6.54 Å². The molecule has 0 bridgehead atoms. The van der Waals surface area contributed by atoms with Gasteiger partial charge in [0.05, 0.1) is 0 Å². The van der Waals surface area contributed by atoms with Crippen molar-refractivity contribution in [3.05, 3.63) is 35.4 Å². The molecule has 0 fully saturated rings. The molecule has 0 spiro atoms. The lowest BCUT2D eigenvalue weighted by molar-refractivity contribution is 0.401. The fraction of sp³-hybridized carbons (Fsp3) is 0.400. The molecule has 0 saturated carbocycles. The minimum atomic E-state index is 1.00. The number of hydrogen-bond donors (Lipinski definition) is 0. The smallest absolute Gasteiger partial charge is 0.0230 e. The zero-order valence-corrected chi connectivity index (χ0v) is 7.39. The van der Waals surface area contributed by atoms with Crippen molar-refractivity contribution in [3.63, 3.8) is 0 Å². The van der Waals surface area contributed by atoms with E-state index in [0.29, 0.717) is 0 Å². The summed E-state index contributed by atoms with van der Waals surface area (Å²) in [4.78, 5) is 2.16. The van der Waals surface area contributed by atoms with Gasteiger partial charge in [-0.25, -0.2) is 0 Å². The van der Waals surface area contributed by atoms with Crippen LogP contribution in [0.3, 0.4) is 0 Å². The molecule has 0 heterocycles. The molecule has 1 aromatic rings. The Hall–Kier alpha value is -0.820. The first-order valence-electron chi connectivity index (χ1n) is 3.81. The molecular weight excluding hydrogens is 134 g/mol. The highest BCUT2D eigenvalue weighted by Crippen LogP contribution is 2.07. The molecule has 11 heavy (non-hydrogen) atoms. The maximum atomic E-state index is 3.18. The van der Waals surface area contributed by atoms with E-state index in [-0.39, 0.29) is 0 Å². The molecule has 0 aliphatic carbocycles. The van der Waals surface area contributed by atoms with Crippen LogP contribution in [0.2, 0.25) is 0 Å². The average molecular weight is 148 g/mol. The third kappa shape index (κ3) is 2.35. The minimum Gasteiger partial charge on any atom is -0.305 e. The van der Waals surface area contributed by atoms with Crippen LogP contribution in [0.15, 0.2) is 18.2 Å². The Morgan fingerprint density at radius 1 is 1.45 bits per heavy atom. The Morgan fingerprint density at radius 2 is 2.18 bits per heavy atom. The van der Waals surface area contributed by atoms with E-state index in [4.69, 9.17) is 0 Å². The molecule has 1 nitrogen and oxygen atoms in total. The van der Waals surface area contributed by atoms with E-state index >= 15 is 0 Å². The van der Waals surface area contributed by atoms with E-state index in [2.05, 4.69) is 38.1 Å². The molecule has 0 aliphatic heterocycles. The van der Waals surface area contributed by atoms with Gasteiger partial charge in [0.2, 0.25) is 0 Å². The molecule has 1 rings (SSSR count). The van der Waals surface area contributed by atoms with Crippen LogP contribution >= 0.6 is 0 Å². The van der Waals surface area contributed by atoms with Crippen LogP contribution in [0.4, 0.5) is 0 Å².